The first kappa shape index (κ1) is 19.5. The number of amides is 3. The van der Waals surface area contributed by atoms with E-state index in [1.807, 2.05) is 13.8 Å². The van der Waals surface area contributed by atoms with Crippen molar-refractivity contribution in [2.75, 3.05) is 31.6 Å². The summed E-state index contributed by atoms with van der Waals surface area (Å²) >= 11 is 1.45. The molecule has 0 bridgehead atoms. The van der Waals surface area contributed by atoms with Crippen molar-refractivity contribution in [3.63, 3.8) is 0 Å². The van der Waals surface area contributed by atoms with Crippen molar-refractivity contribution in [1.82, 2.24) is 20.0 Å². The highest BCUT2D eigenvalue weighted by atomic mass is 32.1. The predicted molar refractivity (Wildman–Crippen MR) is 99.4 cm³/mol. The first-order valence-corrected chi connectivity index (χ1v) is 9.94. The molecule has 3 amide bonds. The van der Waals surface area contributed by atoms with Gasteiger partial charge in [-0.2, -0.15) is 0 Å². The van der Waals surface area contributed by atoms with Crippen LogP contribution in [0, 0.1) is 5.92 Å². The van der Waals surface area contributed by atoms with Crippen LogP contribution in [0.4, 0.5) is 9.93 Å². The third kappa shape index (κ3) is 3.26. The number of carbonyl (C=O) groups excluding carboxylic acids is 3. The van der Waals surface area contributed by atoms with Crippen molar-refractivity contribution in [2.24, 2.45) is 5.92 Å². The minimum atomic E-state index is -0.940. The van der Waals surface area contributed by atoms with Crippen LogP contribution < -0.4 is 4.90 Å². The molecule has 1 aromatic heterocycles. The van der Waals surface area contributed by atoms with Gasteiger partial charge in [-0.25, -0.2) is 14.5 Å². The van der Waals surface area contributed by atoms with Gasteiger partial charge in [0, 0.05) is 19.6 Å². The molecule has 2 saturated heterocycles. The van der Waals surface area contributed by atoms with E-state index in [0.717, 1.165) is 10.0 Å². The van der Waals surface area contributed by atoms with Gasteiger partial charge in [0.2, 0.25) is 5.13 Å². The van der Waals surface area contributed by atoms with Crippen LogP contribution >= 0.6 is 11.3 Å². The Morgan fingerprint density at radius 2 is 1.96 bits per heavy atom. The summed E-state index contributed by atoms with van der Waals surface area (Å²) in [6.45, 7) is 7.22. The zero-order valence-corrected chi connectivity index (χ0v) is 16.9. The number of esters is 1. The Hall–Kier alpha value is -2.23. The van der Waals surface area contributed by atoms with E-state index in [9.17, 15) is 14.4 Å². The summed E-state index contributed by atoms with van der Waals surface area (Å²) in [6, 6.07) is -1.35. The Kier molecular flexibility index (Phi) is 5.36. The second kappa shape index (κ2) is 7.41. The Morgan fingerprint density at radius 1 is 1.30 bits per heavy atom. The van der Waals surface area contributed by atoms with E-state index in [1.54, 1.807) is 10.4 Å². The zero-order chi connectivity index (χ0) is 19.8. The third-order valence-corrected chi connectivity index (χ3v) is 6.01. The predicted octanol–water partition coefficient (Wildman–Crippen LogP) is 1.36. The minimum Gasteiger partial charge on any atom is -0.467 e. The number of carbonyl (C=O) groups is 3. The number of hydrogen-bond donors (Lipinski definition) is 0. The monoisotopic (exact) mass is 395 g/mol. The second-order valence-electron chi connectivity index (χ2n) is 7.40. The smallest absolute Gasteiger partial charge is 0.328 e. The summed E-state index contributed by atoms with van der Waals surface area (Å²) in [5, 5.41) is 8.78. The average molecular weight is 395 g/mol. The van der Waals surface area contributed by atoms with Crippen LogP contribution in [0.1, 0.15) is 33.6 Å². The Bertz CT molecular complexity index is 715. The molecule has 1 aromatic rings. The van der Waals surface area contributed by atoms with Crippen LogP contribution in [0.3, 0.4) is 0 Å². The van der Waals surface area contributed by atoms with E-state index in [4.69, 9.17) is 4.74 Å². The summed E-state index contributed by atoms with van der Waals surface area (Å²) in [6.07, 6.45) is 0.989. The van der Waals surface area contributed by atoms with Crippen LogP contribution in [0.5, 0.6) is 0 Å². The lowest BCUT2D eigenvalue weighted by Gasteiger charge is -2.42. The molecule has 3 heterocycles. The van der Waals surface area contributed by atoms with E-state index in [1.165, 1.54) is 25.4 Å². The molecule has 0 saturated carbocycles. The van der Waals surface area contributed by atoms with Crippen molar-refractivity contribution in [2.45, 2.75) is 45.2 Å². The number of nitrogens with zero attached hydrogens (tertiary/aromatic N) is 5. The van der Waals surface area contributed by atoms with Crippen molar-refractivity contribution in [3.8, 4) is 0 Å². The van der Waals surface area contributed by atoms with E-state index in [0.29, 0.717) is 32.5 Å². The van der Waals surface area contributed by atoms with Gasteiger partial charge in [0.1, 0.15) is 17.1 Å². The summed E-state index contributed by atoms with van der Waals surface area (Å²) < 4.78 is 4.75. The number of urea groups is 1. The Balaban J connectivity index is 1.88. The molecular formula is C17H25N5O4S. The van der Waals surface area contributed by atoms with Crippen molar-refractivity contribution >= 4 is 34.4 Å². The zero-order valence-electron chi connectivity index (χ0n) is 16.0. The van der Waals surface area contributed by atoms with Crippen molar-refractivity contribution in [3.05, 3.63) is 5.51 Å². The van der Waals surface area contributed by atoms with Gasteiger partial charge < -0.3 is 14.5 Å². The van der Waals surface area contributed by atoms with Crippen LogP contribution in [-0.2, 0) is 14.3 Å². The molecule has 1 unspecified atom stereocenters. The molecule has 2 aliphatic heterocycles. The van der Waals surface area contributed by atoms with Gasteiger partial charge in [-0.15, -0.1) is 10.2 Å². The molecule has 27 heavy (non-hydrogen) atoms. The van der Waals surface area contributed by atoms with Gasteiger partial charge in [0.15, 0.2) is 0 Å². The quantitative estimate of drug-likeness (QED) is 0.549. The van der Waals surface area contributed by atoms with Gasteiger partial charge in [0.05, 0.1) is 7.11 Å². The first-order valence-electron chi connectivity index (χ1n) is 9.06. The van der Waals surface area contributed by atoms with Crippen LogP contribution in [0.2, 0.25) is 0 Å². The summed E-state index contributed by atoms with van der Waals surface area (Å²) in [7, 11) is 1.26. The van der Waals surface area contributed by atoms with E-state index in [-0.39, 0.29) is 11.8 Å². The molecule has 10 heteroatoms. The number of aromatic nitrogens is 2. The van der Waals surface area contributed by atoms with Gasteiger partial charge in [-0.3, -0.25) is 4.79 Å². The Labute approximate surface area is 162 Å². The molecule has 148 valence electrons. The molecule has 1 spiro atoms. The maximum absolute atomic E-state index is 13.4. The lowest BCUT2D eigenvalue weighted by molar-refractivity contribution is -0.150. The fourth-order valence-corrected chi connectivity index (χ4v) is 4.45. The molecule has 0 N–H and O–H groups in total. The number of imide groups is 1. The number of rotatable bonds is 5. The molecule has 1 atom stereocenters. The number of piperidine rings is 1. The molecule has 3 rings (SSSR count). The molecule has 2 fully saturated rings. The Morgan fingerprint density at radius 3 is 2.48 bits per heavy atom. The van der Waals surface area contributed by atoms with Gasteiger partial charge in [-0.05, 0) is 25.7 Å². The fourth-order valence-electron chi connectivity index (χ4n) is 3.83. The topological polar surface area (TPSA) is 95.9 Å². The lowest BCUT2D eigenvalue weighted by atomic mass is 9.85. The summed E-state index contributed by atoms with van der Waals surface area (Å²) in [5.41, 5.74) is 0.764. The van der Waals surface area contributed by atoms with E-state index >= 15 is 0 Å². The van der Waals surface area contributed by atoms with Crippen molar-refractivity contribution < 1.29 is 19.1 Å². The maximum atomic E-state index is 13.4. The largest absolute Gasteiger partial charge is 0.467 e. The van der Waals surface area contributed by atoms with Crippen molar-refractivity contribution in [1.29, 1.82) is 0 Å². The van der Waals surface area contributed by atoms with E-state index < -0.39 is 23.6 Å². The van der Waals surface area contributed by atoms with Crippen LogP contribution in [-0.4, -0.2) is 76.2 Å². The van der Waals surface area contributed by atoms with Crippen LogP contribution in [0.25, 0.3) is 0 Å². The normalized spacial score (nSPS) is 20.7. The number of methoxy groups -OCH3 is 1. The highest BCUT2D eigenvalue weighted by molar-refractivity contribution is 7.13. The highest BCUT2D eigenvalue weighted by Crippen LogP contribution is 2.39. The molecule has 0 aromatic carbocycles. The van der Waals surface area contributed by atoms with Gasteiger partial charge >= 0.3 is 12.0 Å². The highest BCUT2D eigenvalue weighted by Gasteiger charge is 2.60. The maximum Gasteiger partial charge on any atom is 0.328 e. The lowest BCUT2D eigenvalue weighted by Crippen LogP contribution is -2.57. The first-order chi connectivity index (χ1) is 12.8. The number of ether oxygens (including phenoxy) is 1. The molecule has 9 nitrogen and oxygen atoms in total. The third-order valence-electron chi connectivity index (χ3n) is 5.26. The average Bonchev–Trinajstić information content (AvgIpc) is 3.24. The number of hydrogen-bond acceptors (Lipinski definition) is 8. The summed E-state index contributed by atoms with van der Waals surface area (Å²) in [4.78, 5) is 43.3. The van der Waals surface area contributed by atoms with E-state index in [2.05, 4.69) is 15.1 Å². The fraction of sp³-hybridized carbons (Fsp3) is 0.706. The molecule has 0 aliphatic carbocycles. The molecule has 2 aliphatic rings. The SMILES string of the molecule is COC(=O)C(C)N1C(=O)N(CC(C)C)C2(CCN(c3nncs3)CC2)C1=O. The minimum absolute atomic E-state index is 0.202. The molecular weight excluding hydrogens is 370 g/mol. The standard InChI is InChI=1S/C17H25N5O4S/c1-11(2)9-21-16(25)22(12(3)13(23)26-4)14(24)17(21)5-7-20(8-6-17)15-19-18-10-27-15/h10-12H,5-9H2,1-4H3. The second-order valence-corrected chi connectivity index (χ2v) is 8.21. The summed E-state index contributed by atoms with van der Waals surface area (Å²) in [5.74, 6) is -0.694. The number of anilines is 1. The molecule has 0 radical (unpaired) electrons. The van der Waals surface area contributed by atoms with Gasteiger partial charge in [0.25, 0.3) is 5.91 Å². The van der Waals surface area contributed by atoms with Gasteiger partial charge in [-0.1, -0.05) is 25.2 Å². The van der Waals surface area contributed by atoms with Crippen LogP contribution in [0.15, 0.2) is 5.51 Å².